The second-order valence-corrected chi connectivity index (χ2v) is 4.65. The number of rotatable bonds is 5. The molecule has 0 amide bonds. The first kappa shape index (κ1) is 15.9. The Bertz CT molecular complexity index is 262. The summed E-state index contributed by atoms with van der Waals surface area (Å²) in [5.41, 5.74) is -1.41. The fourth-order valence-electron chi connectivity index (χ4n) is 2.32. The van der Waals surface area contributed by atoms with Crippen LogP contribution in [0, 0.1) is 0 Å². The fourth-order valence-corrected chi connectivity index (χ4v) is 2.32. The molecule has 0 N–H and O–H groups in total. The predicted octanol–water partition coefficient (Wildman–Crippen LogP) is 1.21. The zero-order valence-electron chi connectivity index (χ0n) is 11.7. The molecule has 0 aliphatic carbocycles. The Morgan fingerprint density at radius 3 is 1.41 bits per heavy atom. The Hall–Kier alpha value is -1.10. The second-order valence-electron chi connectivity index (χ2n) is 4.65. The van der Waals surface area contributed by atoms with Crippen molar-refractivity contribution in [2.75, 3.05) is 14.2 Å². The molecule has 0 aromatic heterocycles. The summed E-state index contributed by atoms with van der Waals surface area (Å²) in [4.78, 5) is 25.6. The summed E-state index contributed by atoms with van der Waals surface area (Å²) < 4.78 is 9.48. The smallest absolute Gasteiger partial charge is 0.337 e. The van der Waals surface area contributed by atoms with Crippen LogP contribution in [0.2, 0.25) is 0 Å². The van der Waals surface area contributed by atoms with E-state index in [1.54, 1.807) is 4.90 Å². The van der Waals surface area contributed by atoms with Gasteiger partial charge in [0, 0.05) is 12.1 Å². The van der Waals surface area contributed by atoms with Crippen LogP contribution in [0.25, 0.3) is 0 Å². The van der Waals surface area contributed by atoms with Gasteiger partial charge in [0.25, 0.3) is 0 Å². The normalized spacial score (nSPS) is 12.1. The Kier molecular flexibility index (Phi) is 5.61. The van der Waals surface area contributed by atoms with Crippen LogP contribution < -0.4 is 0 Å². The van der Waals surface area contributed by atoms with E-state index in [-0.39, 0.29) is 12.1 Å². The van der Waals surface area contributed by atoms with Crippen molar-refractivity contribution in [1.29, 1.82) is 0 Å². The largest absolute Gasteiger partial charge is 0.467 e. The minimum Gasteiger partial charge on any atom is -0.467 e. The molecule has 0 unspecified atom stereocenters. The lowest BCUT2D eigenvalue weighted by Crippen LogP contribution is -2.63. The van der Waals surface area contributed by atoms with Crippen molar-refractivity contribution in [3.05, 3.63) is 0 Å². The summed E-state index contributed by atoms with van der Waals surface area (Å²) >= 11 is 0. The van der Waals surface area contributed by atoms with E-state index in [0.29, 0.717) is 0 Å². The van der Waals surface area contributed by atoms with Gasteiger partial charge in [-0.05, 0) is 34.6 Å². The van der Waals surface area contributed by atoms with Crippen molar-refractivity contribution >= 4 is 11.9 Å². The van der Waals surface area contributed by atoms with E-state index in [1.165, 1.54) is 21.1 Å². The number of esters is 2. The third kappa shape index (κ3) is 2.97. The van der Waals surface area contributed by atoms with Crippen molar-refractivity contribution in [3.63, 3.8) is 0 Å². The van der Waals surface area contributed by atoms with Gasteiger partial charge in [0.1, 0.15) is 0 Å². The van der Waals surface area contributed by atoms with Crippen LogP contribution in [0.3, 0.4) is 0 Å². The number of methoxy groups -OCH3 is 2. The molecule has 0 aliphatic rings. The van der Waals surface area contributed by atoms with E-state index in [9.17, 15) is 9.59 Å². The zero-order chi connectivity index (χ0) is 13.8. The predicted molar refractivity (Wildman–Crippen MR) is 64.5 cm³/mol. The lowest BCUT2D eigenvalue weighted by molar-refractivity contribution is -0.174. The topological polar surface area (TPSA) is 55.8 Å². The first-order valence-electron chi connectivity index (χ1n) is 5.68. The minimum atomic E-state index is -1.41. The Balaban J connectivity index is 5.57. The Labute approximate surface area is 103 Å². The molecular weight excluding hydrogens is 222 g/mol. The standard InChI is InChI=1S/C12H23NO4/c1-8(2)13(9(3)4)12(5,10(14)16-6)11(15)17-7/h8-9H,1-7H3. The molecule has 0 spiro atoms. The number of nitrogens with zero attached hydrogens (tertiary/aromatic N) is 1. The molecule has 0 bridgehead atoms. The summed E-state index contributed by atoms with van der Waals surface area (Å²) in [6, 6.07) is 0.0244. The van der Waals surface area contributed by atoms with Gasteiger partial charge < -0.3 is 9.47 Å². The maximum atomic E-state index is 11.9. The highest BCUT2D eigenvalue weighted by Gasteiger charge is 2.51. The molecule has 0 aromatic rings. The van der Waals surface area contributed by atoms with Gasteiger partial charge in [-0.2, -0.15) is 0 Å². The van der Waals surface area contributed by atoms with Crippen LogP contribution in [-0.2, 0) is 19.1 Å². The Morgan fingerprint density at radius 1 is 0.941 bits per heavy atom. The highest BCUT2D eigenvalue weighted by Crippen LogP contribution is 2.24. The third-order valence-corrected chi connectivity index (χ3v) is 2.79. The molecule has 0 fully saturated rings. The maximum Gasteiger partial charge on any atom is 0.337 e. The molecule has 0 heterocycles. The number of ether oxygens (including phenoxy) is 2. The van der Waals surface area contributed by atoms with Crippen LogP contribution in [0.1, 0.15) is 34.6 Å². The summed E-state index contributed by atoms with van der Waals surface area (Å²) in [7, 11) is 2.53. The molecular formula is C12H23NO4. The first-order chi connectivity index (χ1) is 7.73. The lowest BCUT2D eigenvalue weighted by atomic mass is 9.96. The van der Waals surface area contributed by atoms with Gasteiger partial charge in [-0.1, -0.05) is 0 Å². The quantitative estimate of drug-likeness (QED) is 0.538. The van der Waals surface area contributed by atoms with Crippen molar-refractivity contribution < 1.29 is 19.1 Å². The van der Waals surface area contributed by atoms with Gasteiger partial charge in [0.2, 0.25) is 5.54 Å². The molecule has 0 rings (SSSR count). The molecule has 0 saturated heterocycles. The van der Waals surface area contributed by atoms with E-state index >= 15 is 0 Å². The van der Waals surface area contributed by atoms with Gasteiger partial charge in [-0.25, -0.2) is 9.59 Å². The van der Waals surface area contributed by atoms with E-state index in [0.717, 1.165) is 0 Å². The monoisotopic (exact) mass is 245 g/mol. The van der Waals surface area contributed by atoms with Gasteiger partial charge in [0.15, 0.2) is 0 Å². The Morgan fingerprint density at radius 2 is 1.24 bits per heavy atom. The van der Waals surface area contributed by atoms with Crippen molar-refractivity contribution in [1.82, 2.24) is 4.90 Å². The summed E-state index contributed by atoms with van der Waals surface area (Å²) in [5, 5.41) is 0. The van der Waals surface area contributed by atoms with Crippen molar-refractivity contribution in [2.24, 2.45) is 0 Å². The lowest BCUT2D eigenvalue weighted by Gasteiger charge is -2.41. The molecule has 5 heteroatoms. The van der Waals surface area contributed by atoms with Gasteiger partial charge >= 0.3 is 11.9 Å². The molecule has 100 valence electrons. The van der Waals surface area contributed by atoms with E-state index < -0.39 is 17.5 Å². The van der Waals surface area contributed by atoms with Crippen LogP contribution >= 0.6 is 0 Å². The van der Waals surface area contributed by atoms with E-state index in [1.807, 2.05) is 27.7 Å². The molecule has 0 atom stereocenters. The summed E-state index contributed by atoms with van der Waals surface area (Å²) in [5.74, 6) is -1.21. The number of hydrogen-bond acceptors (Lipinski definition) is 5. The third-order valence-electron chi connectivity index (χ3n) is 2.79. The maximum absolute atomic E-state index is 11.9. The van der Waals surface area contributed by atoms with Gasteiger partial charge in [-0.3, -0.25) is 4.90 Å². The minimum absolute atomic E-state index is 0.0122. The zero-order valence-corrected chi connectivity index (χ0v) is 11.7. The van der Waals surface area contributed by atoms with Crippen LogP contribution in [0.4, 0.5) is 0 Å². The number of carbonyl (C=O) groups is 2. The van der Waals surface area contributed by atoms with Gasteiger partial charge in [-0.15, -0.1) is 0 Å². The molecule has 5 nitrogen and oxygen atoms in total. The number of hydrogen-bond donors (Lipinski definition) is 0. The average molecular weight is 245 g/mol. The SMILES string of the molecule is COC(=O)C(C)(C(=O)OC)N(C(C)C)C(C)C. The molecule has 0 aromatic carbocycles. The van der Waals surface area contributed by atoms with Crippen LogP contribution in [0.15, 0.2) is 0 Å². The highest BCUT2D eigenvalue weighted by atomic mass is 16.5. The molecule has 17 heavy (non-hydrogen) atoms. The molecule has 0 aliphatic heterocycles. The molecule has 0 saturated carbocycles. The molecule has 0 radical (unpaired) electrons. The highest BCUT2D eigenvalue weighted by molar-refractivity contribution is 6.04. The van der Waals surface area contributed by atoms with E-state index in [2.05, 4.69) is 0 Å². The van der Waals surface area contributed by atoms with Crippen LogP contribution in [-0.4, -0.2) is 48.7 Å². The van der Waals surface area contributed by atoms with Crippen LogP contribution in [0.5, 0.6) is 0 Å². The average Bonchev–Trinajstić information content (AvgIpc) is 2.25. The summed E-state index contributed by atoms with van der Waals surface area (Å²) in [6.07, 6.45) is 0. The number of carbonyl (C=O) groups excluding carboxylic acids is 2. The van der Waals surface area contributed by atoms with Crippen molar-refractivity contribution in [2.45, 2.75) is 52.2 Å². The van der Waals surface area contributed by atoms with Crippen molar-refractivity contribution in [3.8, 4) is 0 Å². The van der Waals surface area contributed by atoms with E-state index in [4.69, 9.17) is 9.47 Å². The first-order valence-corrected chi connectivity index (χ1v) is 5.68. The fraction of sp³-hybridized carbons (Fsp3) is 0.833. The summed E-state index contributed by atoms with van der Waals surface area (Å²) in [6.45, 7) is 9.22. The van der Waals surface area contributed by atoms with Gasteiger partial charge in [0.05, 0.1) is 14.2 Å². The second kappa shape index (κ2) is 6.00.